The molecule has 0 N–H and O–H groups in total. The normalized spacial score (nSPS) is 23.6. The van der Waals surface area contributed by atoms with Crippen LogP contribution in [0.1, 0.15) is 51.9 Å². The van der Waals surface area contributed by atoms with Gasteiger partial charge in [0.15, 0.2) is 0 Å². The molecule has 16 heavy (non-hydrogen) atoms. The third kappa shape index (κ3) is 5.34. The fourth-order valence-corrected chi connectivity index (χ4v) is 2.18. The maximum Gasteiger partial charge on any atom is 0.305 e. The lowest BCUT2D eigenvalue weighted by molar-refractivity contribution is -0.140. The smallest absolute Gasteiger partial charge is 0.305 e. The van der Waals surface area contributed by atoms with Crippen LogP contribution in [-0.4, -0.2) is 13.1 Å². The Morgan fingerprint density at radius 2 is 2.06 bits per heavy atom. The molecule has 1 aliphatic carbocycles. The molecule has 1 saturated carbocycles. The van der Waals surface area contributed by atoms with E-state index in [1.165, 1.54) is 32.8 Å². The maximum atomic E-state index is 10.8. The molecule has 0 heterocycles. The molecule has 0 aromatic rings. The van der Waals surface area contributed by atoms with E-state index in [4.69, 9.17) is 0 Å². The van der Waals surface area contributed by atoms with Gasteiger partial charge in [0.2, 0.25) is 0 Å². The van der Waals surface area contributed by atoms with Crippen LogP contribution in [0.4, 0.5) is 0 Å². The van der Waals surface area contributed by atoms with Gasteiger partial charge in [-0.15, -0.1) is 0 Å². The van der Waals surface area contributed by atoms with Gasteiger partial charge in [-0.25, -0.2) is 0 Å². The van der Waals surface area contributed by atoms with Crippen molar-refractivity contribution in [2.75, 3.05) is 7.11 Å². The number of unbranched alkanes of at least 4 members (excludes halogenated alkanes) is 1. The number of hydrogen-bond acceptors (Lipinski definition) is 2. The summed E-state index contributed by atoms with van der Waals surface area (Å²) in [5.41, 5.74) is 0. The molecule has 1 aliphatic rings. The van der Waals surface area contributed by atoms with Crippen LogP contribution < -0.4 is 0 Å². The van der Waals surface area contributed by atoms with Crippen molar-refractivity contribution < 1.29 is 9.53 Å². The van der Waals surface area contributed by atoms with Crippen LogP contribution in [-0.2, 0) is 9.53 Å². The van der Waals surface area contributed by atoms with E-state index >= 15 is 0 Å². The fourth-order valence-electron chi connectivity index (χ4n) is 2.18. The van der Waals surface area contributed by atoms with Gasteiger partial charge in [-0.3, -0.25) is 4.79 Å². The molecule has 2 atom stereocenters. The predicted molar refractivity (Wildman–Crippen MR) is 66.1 cm³/mol. The lowest BCUT2D eigenvalue weighted by Crippen LogP contribution is -1.98. The Morgan fingerprint density at radius 3 is 2.69 bits per heavy atom. The zero-order valence-electron chi connectivity index (χ0n) is 10.6. The van der Waals surface area contributed by atoms with Gasteiger partial charge in [-0.05, 0) is 43.9 Å². The highest BCUT2D eigenvalue weighted by atomic mass is 16.5. The molecule has 2 nitrogen and oxygen atoms in total. The zero-order valence-corrected chi connectivity index (χ0v) is 10.6. The molecule has 2 heteroatoms. The summed E-state index contributed by atoms with van der Waals surface area (Å²) in [7, 11) is 1.44. The van der Waals surface area contributed by atoms with Gasteiger partial charge in [0, 0.05) is 6.42 Å². The van der Waals surface area contributed by atoms with Gasteiger partial charge < -0.3 is 4.74 Å². The van der Waals surface area contributed by atoms with Crippen LogP contribution in [0.5, 0.6) is 0 Å². The van der Waals surface area contributed by atoms with E-state index in [-0.39, 0.29) is 5.97 Å². The minimum Gasteiger partial charge on any atom is -0.469 e. The first-order valence-electron chi connectivity index (χ1n) is 6.49. The number of hydrogen-bond donors (Lipinski definition) is 0. The van der Waals surface area contributed by atoms with Crippen LogP contribution in [0.3, 0.4) is 0 Å². The monoisotopic (exact) mass is 224 g/mol. The van der Waals surface area contributed by atoms with Crippen molar-refractivity contribution in [3.63, 3.8) is 0 Å². The Labute approximate surface area is 99.1 Å². The molecule has 92 valence electrons. The van der Waals surface area contributed by atoms with Crippen LogP contribution in [0, 0.1) is 11.8 Å². The first-order chi connectivity index (χ1) is 7.77. The number of ether oxygens (including phenoxy) is 1. The molecule has 0 saturated heterocycles. The Hall–Kier alpha value is -0.790. The molecule has 0 bridgehead atoms. The topological polar surface area (TPSA) is 26.3 Å². The first kappa shape index (κ1) is 13.3. The zero-order chi connectivity index (χ0) is 11.8. The first-order valence-corrected chi connectivity index (χ1v) is 6.49. The molecule has 0 aromatic carbocycles. The summed E-state index contributed by atoms with van der Waals surface area (Å²) in [5, 5.41) is 0. The fraction of sp³-hybridized carbons (Fsp3) is 0.786. The minimum absolute atomic E-state index is 0.0998. The number of methoxy groups -OCH3 is 1. The van der Waals surface area contributed by atoms with Crippen LogP contribution in [0.2, 0.25) is 0 Å². The third-order valence-corrected chi connectivity index (χ3v) is 3.44. The predicted octanol–water partition coefficient (Wildman–Crippen LogP) is 3.71. The maximum absolute atomic E-state index is 10.8. The highest BCUT2D eigenvalue weighted by Crippen LogP contribution is 2.44. The van der Waals surface area contributed by atoms with Gasteiger partial charge in [0.1, 0.15) is 0 Å². The molecule has 0 radical (unpaired) electrons. The van der Waals surface area contributed by atoms with Crippen LogP contribution >= 0.6 is 0 Å². The number of esters is 1. The van der Waals surface area contributed by atoms with Crippen LogP contribution in [0.15, 0.2) is 12.2 Å². The van der Waals surface area contributed by atoms with E-state index in [2.05, 4.69) is 23.8 Å². The second-order valence-corrected chi connectivity index (χ2v) is 4.68. The lowest BCUT2D eigenvalue weighted by Gasteiger charge is -1.96. The lowest BCUT2D eigenvalue weighted by atomic mass is 10.1. The molecular formula is C14H24O2. The molecule has 0 spiro atoms. The molecule has 0 aliphatic heterocycles. The quantitative estimate of drug-likeness (QED) is 0.357. The van der Waals surface area contributed by atoms with Crippen molar-refractivity contribution in [2.45, 2.75) is 51.9 Å². The minimum atomic E-state index is -0.0998. The van der Waals surface area contributed by atoms with E-state index in [0.29, 0.717) is 6.42 Å². The van der Waals surface area contributed by atoms with Gasteiger partial charge in [-0.1, -0.05) is 25.5 Å². The van der Waals surface area contributed by atoms with E-state index in [9.17, 15) is 4.79 Å². The van der Waals surface area contributed by atoms with E-state index in [1.807, 2.05) is 0 Å². The van der Waals surface area contributed by atoms with Gasteiger partial charge in [0.05, 0.1) is 7.11 Å². The summed E-state index contributed by atoms with van der Waals surface area (Å²) in [6, 6.07) is 0. The van der Waals surface area contributed by atoms with E-state index < -0.39 is 0 Å². The van der Waals surface area contributed by atoms with Gasteiger partial charge in [0.25, 0.3) is 0 Å². The Bertz CT molecular complexity index is 233. The summed E-state index contributed by atoms with van der Waals surface area (Å²) in [5.74, 6) is 1.93. The Balaban J connectivity index is 1.88. The second-order valence-electron chi connectivity index (χ2n) is 4.68. The molecule has 0 amide bonds. The molecule has 2 unspecified atom stereocenters. The highest BCUT2D eigenvalue weighted by Gasteiger charge is 2.33. The Morgan fingerprint density at radius 1 is 1.31 bits per heavy atom. The van der Waals surface area contributed by atoms with E-state index in [1.54, 1.807) is 0 Å². The molecule has 1 rings (SSSR count). The average Bonchev–Trinajstić information content (AvgIpc) is 3.06. The van der Waals surface area contributed by atoms with Crippen LogP contribution in [0.25, 0.3) is 0 Å². The van der Waals surface area contributed by atoms with Crippen molar-refractivity contribution in [2.24, 2.45) is 11.8 Å². The number of carbonyl (C=O) groups is 1. The average molecular weight is 224 g/mol. The van der Waals surface area contributed by atoms with Crippen molar-refractivity contribution in [3.05, 3.63) is 12.2 Å². The number of rotatable bonds is 8. The second kappa shape index (κ2) is 7.48. The highest BCUT2D eigenvalue weighted by molar-refractivity contribution is 5.68. The van der Waals surface area contributed by atoms with Crippen molar-refractivity contribution >= 4 is 5.97 Å². The van der Waals surface area contributed by atoms with Crippen molar-refractivity contribution in [1.82, 2.24) is 0 Å². The summed E-state index contributed by atoms with van der Waals surface area (Å²) in [6.07, 6.45) is 12.3. The molecular weight excluding hydrogens is 200 g/mol. The standard InChI is InChI=1S/C14H24O2/c1-3-12-11-13(12)9-7-5-4-6-8-10-14(15)16-2/h4-5,12-13H,3,6-11H2,1-2H3/b5-4+. The van der Waals surface area contributed by atoms with E-state index in [0.717, 1.165) is 24.7 Å². The molecule has 0 aromatic heterocycles. The van der Waals surface area contributed by atoms with Gasteiger partial charge >= 0.3 is 5.97 Å². The van der Waals surface area contributed by atoms with Crippen molar-refractivity contribution in [1.29, 1.82) is 0 Å². The SMILES string of the molecule is CCC1CC1CC/C=C/CCCC(=O)OC. The summed E-state index contributed by atoms with van der Waals surface area (Å²) >= 11 is 0. The third-order valence-electron chi connectivity index (χ3n) is 3.44. The summed E-state index contributed by atoms with van der Waals surface area (Å²) < 4.78 is 4.58. The summed E-state index contributed by atoms with van der Waals surface area (Å²) in [6.45, 7) is 2.29. The Kier molecular flexibility index (Phi) is 6.20. The van der Waals surface area contributed by atoms with Gasteiger partial charge in [-0.2, -0.15) is 0 Å². The summed E-state index contributed by atoms with van der Waals surface area (Å²) in [4.78, 5) is 10.8. The molecule has 1 fully saturated rings. The number of allylic oxidation sites excluding steroid dienone is 2. The largest absolute Gasteiger partial charge is 0.469 e. The van der Waals surface area contributed by atoms with Crippen molar-refractivity contribution in [3.8, 4) is 0 Å². The number of carbonyl (C=O) groups excluding carboxylic acids is 1.